The monoisotopic (exact) mass is 322 g/mol. The van der Waals surface area contributed by atoms with Crippen molar-refractivity contribution >= 4 is 41.5 Å². The highest BCUT2D eigenvalue weighted by molar-refractivity contribution is 6.35. The summed E-state index contributed by atoms with van der Waals surface area (Å²) in [4.78, 5) is 13.8. The number of benzene rings is 1. The van der Waals surface area contributed by atoms with E-state index in [1.165, 1.54) is 0 Å². The van der Waals surface area contributed by atoms with Crippen molar-refractivity contribution in [3.05, 3.63) is 33.3 Å². The van der Waals surface area contributed by atoms with Gasteiger partial charge in [0.15, 0.2) is 0 Å². The molecule has 1 N–H and O–H groups in total. The molecule has 0 saturated heterocycles. The van der Waals surface area contributed by atoms with Crippen molar-refractivity contribution in [3.63, 3.8) is 0 Å². The molecule has 3 nitrogen and oxygen atoms in total. The molecule has 0 spiro atoms. The Balaban J connectivity index is 0.00000180. The molecule has 0 fully saturated rings. The van der Waals surface area contributed by atoms with Crippen LogP contribution in [-0.4, -0.2) is 30.9 Å². The van der Waals surface area contributed by atoms with Crippen molar-refractivity contribution in [1.29, 1.82) is 0 Å². The summed E-state index contributed by atoms with van der Waals surface area (Å²) >= 11 is 12.2. The molecule has 1 aliphatic rings. The van der Waals surface area contributed by atoms with Crippen LogP contribution in [0.4, 0.5) is 0 Å². The van der Waals surface area contributed by atoms with Gasteiger partial charge in [-0.1, -0.05) is 23.2 Å². The van der Waals surface area contributed by atoms with E-state index in [9.17, 15) is 4.79 Å². The SMILES string of the molecule is CNCCC(=O)N1CCc2cc(Cl)cc(Cl)c2C1.Cl. The van der Waals surface area contributed by atoms with Crippen LogP contribution in [-0.2, 0) is 17.8 Å². The smallest absolute Gasteiger partial charge is 0.224 e. The molecule has 0 unspecified atom stereocenters. The maximum atomic E-state index is 12.0. The lowest BCUT2D eigenvalue weighted by molar-refractivity contribution is -0.132. The zero-order valence-electron chi connectivity index (χ0n) is 10.7. The third kappa shape index (κ3) is 3.99. The molecule has 19 heavy (non-hydrogen) atoms. The standard InChI is InChI=1S/C13H16Cl2N2O.ClH/c1-16-4-2-13(18)17-5-3-9-6-10(14)7-12(15)11(9)8-17;/h6-7,16H,2-5,8H2,1H3;1H. The minimum atomic E-state index is 0. The Kier molecular flexibility index (Phi) is 6.40. The van der Waals surface area contributed by atoms with Crippen LogP contribution in [0.15, 0.2) is 12.1 Å². The van der Waals surface area contributed by atoms with E-state index in [1.54, 1.807) is 6.07 Å². The lowest BCUT2D eigenvalue weighted by Crippen LogP contribution is -2.37. The lowest BCUT2D eigenvalue weighted by Gasteiger charge is -2.29. The number of halogens is 3. The van der Waals surface area contributed by atoms with Gasteiger partial charge in [-0.25, -0.2) is 0 Å². The Bertz CT molecular complexity index is 465. The number of nitrogens with zero attached hydrogens (tertiary/aromatic N) is 1. The molecule has 0 atom stereocenters. The van der Waals surface area contributed by atoms with E-state index in [-0.39, 0.29) is 18.3 Å². The molecular formula is C13H17Cl3N2O. The second-order valence-corrected chi connectivity index (χ2v) is 5.29. The summed E-state index contributed by atoms with van der Waals surface area (Å²) in [7, 11) is 1.84. The van der Waals surface area contributed by atoms with Gasteiger partial charge in [0.1, 0.15) is 0 Å². The fourth-order valence-electron chi connectivity index (χ4n) is 2.19. The zero-order valence-corrected chi connectivity index (χ0v) is 13.0. The third-order valence-corrected chi connectivity index (χ3v) is 3.75. The average Bonchev–Trinajstić information content (AvgIpc) is 2.35. The van der Waals surface area contributed by atoms with Gasteiger partial charge >= 0.3 is 0 Å². The molecule has 106 valence electrons. The Morgan fingerprint density at radius 3 is 2.84 bits per heavy atom. The first-order valence-corrected chi connectivity index (χ1v) is 6.76. The van der Waals surface area contributed by atoms with Crippen LogP contribution in [0.25, 0.3) is 0 Å². The average molecular weight is 324 g/mol. The normalized spacial score (nSPS) is 13.7. The molecular weight excluding hydrogens is 307 g/mol. The van der Waals surface area contributed by atoms with Crippen LogP contribution in [0.3, 0.4) is 0 Å². The molecule has 0 aromatic heterocycles. The molecule has 1 aliphatic heterocycles. The van der Waals surface area contributed by atoms with Gasteiger partial charge in [-0.2, -0.15) is 0 Å². The van der Waals surface area contributed by atoms with Crippen LogP contribution >= 0.6 is 35.6 Å². The molecule has 2 rings (SSSR count). The van der Waals surface area contributed by atoms with E-state index in [2.05, 4.69) is 5.32 Å². The highest BCUT2D eigenvalue weighted by Crippen LogP contribution is 2.30. The third-order valence-electron chi connectivity index (χ3n) is 3.19. The van der Waals surface area contributed by atoms with Gasteiger partial charge in [-0.15, -0.1) is 12.4 Å². The zero-order chi connectivity index (χ0) is 13.1. The first kappa shape index (κ1) is 16.6. The Morgan fingerprint density at radius 1 is 1.42 bits per heavy atom. The molecule has 6 heteroatoms. The summed E-state index contributed by atoms with van der Waals surface area (Å²) in [6, 6.07) is 3.68. The minimum absolute atomic E-state index is 0. The van der Waals surface area contributed by atoms with Gasteiger partial charge in [-0.05, 0) is 36.7 Å². The summed E-state index contributed by atoms with van der Waals surface area (Å²) in [5.41, 5.74) is 2.19. The van der Waals surface area contributed by atoms with Crippen LogP contribution in [0, 0.1) is 0 Å². The number of amides is 1. The van der Waals surface area contributed by atoms with E-state index < -0.39 is 0 Å². The van der Waals surface area contributed by atoms with Crippen molar-refractivity contribution in [2.45, 2.75) is 19.4 Å². The van der Waals surface area contributed by atoms with Gasteiger partial charge in [0, 0.05) is 36.1 Å². The van der Waals surface area contributed by atoms with E-state index >= 15 is 0 Å². The van der Waals surface area contributed by atoms with Gasteiger partial charge < -0.3 is 10.2 Å². The molecule has 0 saturated carbocycles. The quantitative estimate of drug-likeness (QED) is 0.927. The van der Waals surface area contributed by atoms with Crippen molar-refractivity contribution in [2.75, 3.05) is 20.1 Å². The molecule has 1 aromatic carbocycles. The molecule has 0 radical (unpaired) electrons. The van der Waals surface area contributed by atoms with E-state index in [4.69, 9.17) is 23.2 Å². The summed E-state index contributed by atoms with van der Waals surface area (Å²) in [6.07, 6.45) is 1.35. The largest absolute Gasteiger partial charge is 0.338 e. The van der Waals surface area contributed by atoms with Crippen molar-refractivity contribution in [3.8, 4) is 0 Å². The fraction of sp³-hybridized carbons (Fsp3) is 0.462. The number of rotatable bonds is 3. The Labute approximate surface area is 129 Å². The summed E-state index contributed by atoms with van der Waals surface area (Å²) in [5.74, 6) is 0.168. The number of hydrogen-bond acceptors (Lipinski definition) is 2. The topological polar surface area (TPSA) is 32.3 Å². The molecule has 1 aromatic rings. The Hall–Kier alpha value is -0.480. The molecule has 1 amide bonds. The van der Waals surface area contributed by atoms with Crippen LogP contribution in [0.1, 0.15) is 17.5 Å². The van der Waals surface area contributed by atoms with Gasteiger partial charge in [-0.3, -0.25) is 4.79 Å². The van der Waals surface area contributed by atoms with Crippen molar-refractivity contribution in [2.24, 2.45) is 0 Å². The summed E-state index contributed by atoms with van der Waals surface area (Å²) in [5, 5.41) is 4.30. The minimum Gasteiger partial charge on any atom is -0.338 e. The van der Waals surface area contributed by atoms with Gasteiger partial charge in [0.05, 0.1) is 0 Å². The fourth-order valence-corrected chi connectivity index (χ4v) is 2.78. The highest BCUT2D eigenvalue weighted by Gasteiger charge is 2.22. The number of hydrogen-bond donors (Lipinski definition) is 1. The van der Waals surface area contributed by atoms with E-state index in [0.717, 1.165) is 24.1 Å². The number of carbonyl (C=O) groups is 1. The van der Waals surface area contributed by atoms with Crippen LogP contribution in [0.2, 0.25) is 10.0 Å². The number of carbonyl (C=O) groups excluding carboxylic acids is 1. The summed E-state index contributed by atoms with van der Waals surface area (Å²) in [6.45, 7) is 2.04. The van der Waals surface area contributed by atoms with Crippen LogP contribution in [0.5, 0.6) is 0 Å². The molecule has 0 aliphatic carbocycles. The van der Waals surface area contributed by atoms with Gasteiger partial charge in [0.25, 0.3) is 0 Å². The van der Waals surface area contributed by atoms with E-state index in [1.807, 2.05) is 18.0 Å². The maximum absolute atomic E-state index is 12.0. The lowest BCUT2D eigenvalue weighted by atomic mass is 9.99. The second-order valence-electron chi connectivity index (χ2n) is 4.44. The highest BCUT2D eigenvalue weighted by atomic mass is 35.5. The van der Waals surface area contributed by atoms with Gasteiger partial charge in [0.2, 0.25) is 5.91 Å². The number of fused-ring (bicyclic) bond motifs is 1. The second kappa shape index (κ2) is 7.34. The summed E-state index contributed by atoms with van der Waals surface area (Å²) < 4.78 is 0. The first-order chi connectivity index (χ1) is 8.61. The first-order valence-electron chi connectivity index (χ1n) is 6.01. The van der Waals surface area contributed by atoms with Crippen molar-refractivity contribution < 1.29 is 4.79 Å². The molecule has 0 bridgehead atoms. The van der Waals surface area contributed by atoms with Crippen molar-refractivity contribution in [1.82, 2.24) is 10.2 Å². The molecule has 1 heterocycles. The van der Waals surface area contributed by atoms with Crippen LogP contribution < -0.4 is 5.32 Å². The number of nitrogens with one attached hydrogen (secondary N) is 1. The maximum Gasteiger partial charge on any atom is 0.224 e. The Morgan fingerprint density at radius 2 is 2.16 bits per heavy atom. The predicted molar refractivity (Wildman–Crippen MR) is 81.4 cm³/mol. The van der Waals surface area contributed by atoms with E-state index in [0.29, 0.717) is 29.6 Å². The predicted octanol–water partition coefficient (Wildman–Crippen LogP) is 2.91.